The number of carboxylic acids is 2. The van der Waals surface area contributed by atoms with Gasteiger partial charge in [-0.05, 0) is 12.5 Å². The van der Waals surface area contributed by atoms with Gasteiger partial charge in [-0.25, -0.2) is 14.6 Å². The molecule has 15 heteroatoms. The minimum Gasteiger partial charge on any atom is -0.479 e. The molecule has 1 saturated heterocycles. The van der Waals surface area contributed by atoms with Crippen LogP contribution in [0.15, 0.2) is 16.4 Å². The Labute approximate surface area is 181 Å². The number of aliphatic carboxylic acids is 2. The first-order valence-electron chi connectivity index (χ1n) is 8.14. The third-order valence-corrected chi connectivity index (χ3v) is 6.54. The van der Waals surface area contributed by atoms with Crippen molar-refractivity contribution in [2.45, 2.75) is 18.3 Å². The molecule has 1 fully saturated rings. The van der Waals surface area contributed by atoms with E-state index in [0.717, 1.165) is 16.2 Å². The molecule has 1 aromatic rings. The maximum Gasteiger partial charge on any atom is 0.352 e. The van der Waals surface area contributed by atoms with Crippen LogP contribution in [0.25, 0.3) is 0 Å². The second-order valence-electron chi connectivity index (χ2n) is 6.08. The summed E-state index contributed by atoms with van der Waals surface area (Å²) in [5.74, 6) is -3.69. The van der Waals surface area contributed by atoms with Gasteiger partial charge in [0.1, 0.15) is 27.1 Å². The number of β-lactam (4-membered cyclic amide) rings is 1. The number of nitrogen functional groups attached to an aromatic ring is 1. The van der Waals surface area contributed by atoms with E-state index in [-0.39, 0.29) is 20.9 Å². The van der Waals surface area contributed by atoms with Crippen molar-refractivity contribution in [1.29, 1.82) is 0 Å². The molecule has 1 aromatic heterocycles. The van der Waals surface area contributed by atoms with Gasteiger partial charge in [-0.1, -0.05) is 28.1 Å². The summed E-state index contributed by atoms with van der Waals surface area (Å²) < 4.78 is 0.0145. The van der Waals surface area contributed by atoms with E-state index in [1.807, 2.05) is 0 Å². The van der Waals surface area contributed by atoms with E-state index in [0.29, 0.717) is 11.3 Å². The first-order valence-corrected chi connectivity index (χ1v) is 10.4. The van der Waals surface area contributed by atoms with Crippen LogP contribution in [0.1, 0.15) is 12.6 Å². The predicted molar refractivity (Wildman–Crippen MR) is 107 cm³/mol. The lowest BCUT2D eigenvalue weighted by atomic mass is 10.0. The average Bonchev–Trinajstić information content (AvgIpc) is 3.00. The van der Waals surface area contributed by atoms with Crippen LogP contribution < -0.4 is 11.1 Å². The Morgan fingerprint density at radius 1 is 1.43 bits per heavy atom. The number of hydrogen-bond donors (Lipinski definition) is 4. The number of hydrogen-bond acceptors (Lipinski definition) is 10. The van der Waals surface area contributed by atoms with Crippen LogP contribution in [0, 0.1) is 0 Å². The summed E-state index contributed by atoms with van der Waals surface area (Å²) >= 11 is 8.17. The summed E-state index contributed by atoms with van der Waals surface area (Å²) in [6.07, 6.45) is 0. The number of fused-ring (bicyclic) bond motifs is 1. The Hall–Kier alpha value is -2.84. The molecule has 0 aromatic carbocycles. The molecule has 2 aliphatic heterocycles. The largest absolute Gasteiger partial charge is 0.479 e. The highest BCUT2D eigenvalue weighted by molar-refractivity contribution is 8.00. The Morgan fingerprint density at radius 2 is 2.13 bits per heavy atom. The summed E-state index contributed by atoms with van der Waals surface area (Å²) in [5.41, 5.74) is 5.40. The zero-order valence-electron chi connectivity index (χ0n) is 15.1. The fraction of sp³-hybridized carbons (Fsp3) is 0.333. The van der Waals surface area contributed by atoms with Crippen molar-refractivity contribution < 1.29 is 34.2 Å². The van der Waals surface area contributed by atoms with Crippen molar-refractivity contribution in [3.05, 3.63) is 21.3 Å². The van der Waals surface area contributed by atoms with Crippen LogP contribution in [0.4, 0.5) is 5.13 Å². The van der Waals surface area contributed by atoms with E-state index < -0.39 is 47.5 Å². The van der Waals surface area contributed by atoms with Gasteiger partial charge in [0.05, 0.1) is 0 Å². The summed E-state index contributed by atoms with van der Waals surface area (Å²) in [6, 6.07) is -1.02. The van der Waals surface area contributed by atoms with Gasteiger partial charge in [0.2, 0.25) is 6.61 Å². The SMILES string of the molecule is CC1=C(C(=O)O)N2C(=O)C(NC(=O)C(=NOCC(=O)O)c3nc(N)sc3Cl)[C@@H]2SC1. The summed E-state index contributed by atoms with van der Waals surface area (Å²) in [4.78, 5) is 57.0. The maximum absolute atomic E-state index is 12.8. The van der Waals surface area contributed by atoms with Crippen LogP contribution >= 0.6 is 34.7 Å². The summed E-state index contributed by atoms with van der Waals surface area (Å²) in [7, 11) is 0. The van der Waals surface area contributed by atoms with E-state index >= 15 is 0 Å². The van der Waals surface area contributed by atoms with Crippen molar-refractivity contribution in [3.63, 3.8) is 0 Å². The third-order valence-electron chi connectivity index (χ3n) is 4.03. The third kappa shape index (κ3) is 4.06. The standard InChI is InChI=1S/C15H14ClN5O7S2/c1-4-3-29-13-8(12(25)21(13)9(4)14(26)27)18-11(24)7(20-28-2-5(22)23)6-10(16)30-15(17)19-6/h8,13H,2-3H2,1H3,(H2,17,19)(H,18,24)(H,22,23)(H,26,27)/t8?,13-/m0/s1. The number of anilines is 1. The number of carbonyl (C=O) groups is 4. The number of thioether (sulfide) groups is 1. The van der Waals surface area contributed by atoms with Gasteiger partial charge < -0.3 is 26.1 Å². The number of halogens is 1. The van der Waals surface area contributed by atoms with Crippen molar-refractivity contribution >= 4 is 69.3 Å². The molecular formula is C15H14ClN5O7S2. The van der Waals surface area contributed by atoms with Crippen molar-refractivity contribution in [2.75, 3.05) is 18.1 Å². The first-order chi connectivity index (χ1) is 14.1. The normalized spacial score (nSPS) is 21.1. The van der Waals surface area contributed by atoms with Crippen molar-refractivity contribution in [1.82, 2.24) is 15.2 Å². The zero-order chi connectivity index (χ0) is 22.2. The molecule has 2 atom stereocenters. The number of amides is 2. The monoisotopic (exact) mass is 475 g/mol. The smallest absolute Gasteiger partial charge is 0.352 e. The van der Waals surface area contributed by atoms with Crippen LogP contribution in [-0.2, 0) is 24.0 Å². The van der Waals surface area contributed by atoms with Gasteiger partial charge in [0.15, 0.2) is 10.8 Å². The number of oxime groups is 1. The Morgan fingerprint density at radius 3 is 2.70 bits per heavy atom. The minimum absolute atomic E-state index is 0.0145. The van der Waals surface area contributed by atoms with Crippen molar-refractivity contribution in [3.8, 4) is 0 Å². The van der Waals surface area contributed by atoms with E-state index in [1.165, 1.54) is 11.8 Å². The molecule has 30 heavy (non-hydrogen) atoms. The number of rotatable bonds is 7. The van der Waals surface area contributed by atoms with Gasteiger partial charge in [0.25, 0.3) is 11.8 Å². The van der Waals surface area contributed by atoms with Crippen molar-refractivity contribution in [2.24, 2.45) is 5.16 Å². The molecule has 12 nitrogen and oxygen atoms in total. The fourth-order valence-electron chi connectivity index (χ4n) is 2.79. The molecule has 3 heterocycles. The molecular weight excluding hydrogens is 462 g/mol. The zero-order valence-corrected chi connectivity index (χ0v) is 17.5. The fourth-order valence-corrected chi connectivity index (χ4v) is 5.01. The van der Waals surface area contributed by atoms with Gasteiger partial charge in [0, 0.05) is 5.75 Å². The Kier molecular flexibility index (Phi) is 6.19. The number of nitrogens with two attached hydrogens (primary N) is 1. The molecule has 0 spiro atoms. The molecule has 0 aliphatic carbocycles. The lowest BCUT2D eigenvalue weighted by Gasteiger charge is -2.49. The van der Waals surface area contributed by atoms with E-state index in [4.69, 9.17) is 22.4 Å². The summed E-state index contributed by atoms with van der Waals surface area (Å²) in [6.45, 7) is 0.791. The molecule has 2 amide bonds. The Balaban J connectivity index is 1.82. The average molecular weight is 476 g/mol. The number of thiazole rings is 1. The van der Waals surface area contributed by atoms with E-state index in [9.17, 15) is 24.3 Å². The van der Waals surface area contributed by atoms with Gasteiger partial charge in [-0.3, -0.25) is 14.5 Å². The number of nitrogens with zero attached hydrogens (tertiary/aromatic N) is 3. The van der Waals surface area contributed by atoms with Gasteiger partial charge >= 0.3 is 11.9 Å². The topological polar surface area (TPSA) is 185 Å². The summed E-state index contributed by atoms with van der Waals surface area (Å²) in [5, 5.41) is 23.4. The van der Waals surface area contributed by atoms with Crippen LogP contribution in [0.3, 0.4) is 0 Å². The molecule has 1 unspecified atom stereocenters. The lowest BCUT2D eigenvalue weighted by molar-refractivity contribution is -0.150. The van der Waals surface area contributed by atoms with Crippen LogP contribution in [-0.4, -0.2) is 73.3 Å². The van der Waals surface area contributed by atoms with E-state index in [1.54, 1.807) is 6.92 Å². The second-order valence-corrected chi connectivity index (χ2v) is 8.81. The van der Waals surface area contributed by atoms with Crippen LogP contribution in [0.2, 0.25) is 4.34 Å². The number of carbonyl (C=O) groups excluding carboxylic acids is 2. The highest BCUT2D eigenvalue weighted by atomic mass is 35.5. The quantitative estimate of drug-likeness (QED) is 0.236. The first kappa shape index (κ1) is 21.9. The number of nitrogens with one attached hydrogen (secondary N) is 1. The molecule has 160 valence electrons. The lowest BCUT2D eigenvalue weighted by Crippen LogP contribution is -2.71. The predicted octanol–water partition coefficient (Wildman–Crippen LogP) is -0.0575. The molecule has 0 saturated carbocycles. The van der Waals surface area contributed by atoms with Gasteiger partial charge in [-0.2, -0.15) is 0 Å². The second kappa shape index (κ2) is 8.49. The Bertz CT molecular complexity index is 1010. The molecule has 0 bridgehead atoms. The van der Waals surface area contributed by atoms with Crippen LogP contribution in [0.5, 0.6) is 0 Å². The van der Waals surface area contributed by atoms with Gasteiger partial charge in [-0.15, -0.1) is 11.8 Å². The highest BCUT2D eigenvalue weighted by Gasteiger charge is 2.54. The molecule has 2 aliphatic rings. The maximum atomic E-state index is 12.8. The van der Waals surface area contributed by atoms with E-state index in [2.05, 4.69) is 20.3 Å². The molecule has 5 N–H and O–H groups in total. The molecule has 3 rings (SSSR count). The molecule has 0 radical (unpaired) electrons. The number of aromatic nitrogens is 1. The highest BCUT2D eigenvalue weighted by Crippen LogP contribution is 2.40. The minimum atomic E-state index is -1.32. The number of carboxylic acid groups (broad SMARTS) is 2.